The molecule has 1 aliphatic heterocycles. The summed E-state index contributed by atoms with van der Waals surface area (Å²) in [5.41, 5.74) is 0. The summed E-state index contributed by atoms with van der Waals surface area (Å²) in [7, 11) is -5.47. The van der Waals surface area contributed by atoms with E-state index in [9.17, 15) is 8.42 Å². The van der Waals surface area contributed by atoms with E-state index < -0.39 is 22.8 Å². The fraction of sp³-hybridized carbons (Fsp3) is 0.700. The van der Waals surface area contributed by atoms with Crippen LogP contribution in [0.15, 0.2) is 35.2 Å². The van der Waals surface area contributed by atoms with Crippen molar-refractivity contribution in [1.29, 1.82) is 0 Å². The van der Waals surface area contributed by atoms with Crippen molar-refractivity contribution in [3.63, 3.8) is 0 Å². The van der Waals surface area contributed by atoms with Crippen molar-refractivity contribution in [1.82, 2.24) is 0 Å². The molecule has 1 heterocycles. The predicted octanol–water partition coefficient (Wildman–Crippen LogP) is 4.38. The van der Waals surface area contributed by atoms with Crippen LogP contribution in [0.25, 0.3) is 0 Å². The Kier molecular flexibility index (Phi) is 6.75. The third kappa shape index (κ3) is 4.41. The minimum Gasteiger partial charge on any atom is -0.352 e. The highest BCUT2D eigenvalue weighted by molar-refractivity contribution is 7.94. The summed E-state index contributed by atoms with van der Waals surface area (Å²) < 4.78 is 38.8. The van der Waals surface area contributed by atoms with Crippen LogP contribution in [-0.2, 0) is 19.3 Å². The smallest absolute Gasteiger partial charge is 0.179 e. The number of benzene rings is 1. The molecular weight excluding hydrogens is 364 g/mol. The molecule has 2 rings (SSSR count). The zero-order chi connectivity index (χ0) is 19.7. The molecule has 1 unspecified atom stereocenters. The van der Waals surface area contributed by atoms with Crippen LogP contribution in [0.3, 0.4) is 0 Å². The summed E-state index contributed by atoms with van der Waals surface area (Å²) in [5.74, 6) is 0.440. The van der Waals surface area contributed by atoms with Gasteiger partial charge >= 0.3 is 0 Å². The van der Waals surface area contributed by atoms with E-state index in [1.165, 1.54) is 0 Å². The minimum atomic E-state index is -3.43. The van der Waals surface area contributed by atoms with Gasteiger partial charge in [0, 0.05) is 5.92 Å². The Morgan fingerprint density at radius 2 is 1.54 bits per heavy atom. The van der Waals surface area contributed by atoms with Crippen LogP contribution in [0.2, 0.25) is 19.6 Å². The number of rotatable bonds is 6. The Labute approximate surface area is 160 Å². The van der Waals surface area contributed by atoms with Gasteiger partial charge in [-0.25, -0.2) is 8.42 Å². The summed E-state index contributed by atoms with van der Waals surface area (Å²) in [6.45, 7) is 15.1. The number of hydrogen-bond acceptors (Lipinski definition) is 4. The lowest BCUT2D eigenvalue weighted by Gasteiger charge is -2.44. The molecule has 1 saturated heterocycles. The second kappa shape index (κ2) is 8.13. The lowest BCUT2D eigenvalue weighted by molar-refractivity contribution is -0.225. The maximum Gasteiger partial charge on any atom is 0.179 e. The van der Waals surface area contributed by atoms with Crippen molar-refractivity contribution in [2.24, 2.45) is 17.8 Å². The molecule has 1 aromatic rings. The molecule has 0 radical (unpaired) electrons. The fourth-order valence-corrected chi connectivity index (χ4v) is 12.0. The van der Waals surface area contributed by atoms with Crippen LogP contribution in [-0.4, -0.2) is 40.4 Å². The molecule has 0 amide bonds. The molecule has 6 heteroatoms. The average Bonchev–Trinajstić information content (AvgIpc) is 2.54. The largest absolute Gasteiger partial charge is 0.352 e. The first-order valence-electron chi connectivity index (χ1n) is 9.50. The van der Waals surface area contributed by atoms with Crippen LogP contribution in [0.4, 0.5) is 0 Å². The zero-order valence-corrected chi connectivity index (χ0v) is 18.9. The molecule has 1 fully saturated rings. The normalized spacial score (nSPS) is 27.3. The molecule has 0 saturated carbocycles. The van der Waals surface area contributed by atoms with Crippen LogP contribution in [0, 0.1) is 17.8 Å². The Morgan fingerprint density at radius 1 is 1.00 bits per heavy atom. The number of sulfone groups is 1. The van der Waals surface area contributed by atoms with E-state index in [1.54, 1.807) is 24.3 Å². The van der Waals surface area contributed by atoms with Crippen molar-refractivity contribution in [3.05, 3.63) is 30.3 Å². The van der Waals surface area contributed by atoms with Crippen LogP contribution >= 0.6 is 0 Å². The van der Waals surface area contributed by atoms with Gasteiger partial charge in [0.05, 0.1) is 30.1 Å². The SMILES string of the molecule is CC(C)[C@@H]1OCO[C@@H]([C@@H](C)C([Si](C)(C)C)S(=O)(=O)c2ccccc2)[C@@H]1C. The molecule has 148 valence electrons. The average molecular weight is 399 g/mol. The molecule has 4 nitrogen and oxygen atoms in total. The topological polar surface area (TPSA) is 52.6 Å². The molecule has 0 N–H and O–H groups in total. The third-order valence-electron chi connectivity index (χ3n) is 5.47. The molecule has 0 aliphatic carbocycles. The quantitative estimate of drug-likeness (QED) is 0.668. The van der Waals surface area contributed by atoms with Crippen molar-refractivity contribution in [2.45, 2.75) is 69.3 Å². The lowest BCUT2D eigenvalue weighted by Crippen LogP contribution is -2.56. The van der Waals surface area contributed by atoms with Crippen molar-refractivity contribution >= 4 is 17.9 Å². The van der Waals surface area contributed by atoms with Gasteiger partial charge in [-0.2, -0.15) is 0 Å². The highest BCUT2D eigenvalue weighted by Crippen LogP contribution is 2.37. The molecule has 0 aromatic heterocycles. The number of ether oxygens (including phenoxy) is 2. The van der Waals surface area contributed by atoms with E-state index in [4.69, 9.17) is 9.47 Å². The van der Waals surface area contributed by atoms with Gasteiger partial charge < -0.3 is 9.47 Å². The second-order valence-electron chi connectivity index (χ2n) is 8.99. The molecule has 26 heavy (non-hydrogen) atoms. The standard InChI is InChI=1S/C20H34O4SSi/c1-14(2)18-15(3)19(24-13-23-18)16(4)20(26(5,6)7)25(21,22)17-11-9-8-10-12-17/h8-12,14-16,18-20H,13H2,1-7H3/t15-,16-,18+,19-,20?/m1/s1. The van der Waals surface area contributed by atoms with E-state index in [-0.39, 0.29) is 30.8 Å². The Balaban J connectivity index is 2.41. The first-order valence-corrected chi connectivity index (χ1v) is 14.6. The second-order valence-corrected chi connectivity index (χ2v) is 16.8. The van der Waals surface area contributed by atoms with Gasteiger partial charge in [-0.3, -0.25) is 0 Å². The van der Waals surface area contributed by atoms with Crippen molar-refractivity contribution < 1.29 is 17.9 Å². The van der Waals surface area contributed by atoms with Crippen molar-refractivity contribution in [2.75, 3.05) is 6.79 Å². The van der Waals surface area contributed by atoms with Crippen LogP contribution < -0.4 is 0 Å². The fourth-order valence-electron chi connectivity index (χ4n) is 4.58. The summed E-state index contributed by atoms with van der Waals surface area (Å²) in [6, 6.07) is 8.85. The maximum absolute atomic E-state index is 13.5. The van der Waals surface area contributed by atoms with E-state index in [2.05, 4.69) is 40.4 Å². The Hall–Kier alpha value is -0.693. The van der Waals surface area contributed by atoms with E-state index in [0.717, 1.165) is 0 Å². The van der Waals surface area contributed by atoms with Gasteiger partial charge in [0.2, 0.25) is 0 Å². The van der Waals surface area contributed by atoms with Gasteiger partial charge in [0.1, 0.15) is 6.79 Å². The lowest BCUT2D eigenvalue weighted by atomic mass is 9.84. The zero-order valence-electron chi connectivity index (χ0n) is 17.1. The van der Waals surface area contributed by atoms with Gasteiger partial charge in [-0.15, -0.1) is 0 Å². The molecule has 1 aromatic carbocycles. The first-order chi connectivity index (χ1) is 12.0. The summed E-state index contributed by atoms with van der Waals surface area (Å²) in [4.78, 5) is 0.00941. The van der Waals surface area contributed by atoms with Crippen LogP contribution in [0.1, 0.15) is 27.7 Å². The molecule has 0 bridgehead atoms. The van der Waals surface area contributed by atoms with E-state index in [0.29, 0.717) is 10.8 Å². The first kappa shape index (κ1) is 21.6. The Morgan fingerprint density at radius 3 is 2.04 bits per heavy atom. The van der Waals surface area contributed by atoms with E-state index >= 15 is 0 Å². The van der Waals surface area contributed by atoms with Crippen LogP contribution in [0.5, 0.6) is 0 Å². The predicted molar refractivity (Wildman–Crippen MR) is 109 cm³/mol. The summed E-state index contributed by atoms with van der Waals surface area (Å²) in [5, 5.41) is 0. The summed E-state index contributed by atoms with van der Waals surface area (Å²) >= 11 is 0. The third-order valence-corrected chi connectivity index (χ3v) is 12.8. The molecule has 0 spiro atoms. The molecule has 1 aliphatic rings. The highest BCUT2D eigenvalue weighted by Gasteiger charge is 2.48. The van der Waals surface area contributed by atoms with Gasteiger partial charge in [-0.1, -0.05) is 65.5 Å². The summed E-state index contributed by atoms with van der Waals surface area (Å²) in [6.07, 6.45) is -0.0238. The van der Waals surface area contributed by atoms with E-state index in [1.807, 2.05) is 13.0 Å². The minimum absolute atomic E-state index is 0.0907. The number of hydrogen-bond donors (Lipinski definition) is 0. The Bertz CT molecular complexity index is 682. The molecule has 5 atom stereocenters. The van der Waals surface area contributed by atoms with Gasteiger partial charge in [0.15, 0.2) is 9.84 Å². The maximum atomic E-state index is 13.5. The highest BCUT2D eigenvalue weighted by atomic mass is 32.2. The van der Waals surface area contributed by atoms with Gasteiger partial charge in [0.25, 0.3) is 0 Å². The monoisotopic (exact) mass is 398 g/mol. The van der Waals surface area contributed by atoms with Crippen molar-refractivity contribution in [3.8, 4) is 0 Å². The van der Waals surface area contributed by atoms with Gasteiger partial charge in [-0.05, 0) is 24.0 Å². The molecular formula is C20H34O4SSi.